The molecule has 1 aliphatic carbocycles. The third kappa shape index (κ3) is 2.18. The highest BCUT2D eigenvalue weighted by Gasteiger charge is 2.68. The number of methoxy groups -OCH3 is 1. The second kappa shape index (κ2) is 4.77. The highest BCUT2D eigenvalue weighted by molar-refractivity contribution is 5.96. The van der Waals surface area contributed by atoms with Crippen LogP contribution in [0.25, 0.3) is 0 Å². The molecule has 1 aliphatic rings. The first-order chi connectivity index (χ1) is 9.25. The molecular formula is C16H23NO3. The Bertz CT molecular complexity index is 521. The Morgan fingerprint density at radius 3 is 2.35 bits per heavy atom. The summed E-state index contributed by atoms with van der Waals surface area (Å²) in [6.45, 7) is 8.34. The number of carbonyl (C=O) groups is 1. The molecule has 2 rings (SSSR count). The summed E-state index contributed by atoms with van der Waals surface area (Å²) in [6, 6.07) is 5.29. The predicted octanol–water partition coefficient (Wildman–Crippen LogP) is 2.81. The smallest absolute Gasteiger partial charge is 0.228 e. The fourth-order valence-electron chi connectivity index (χ4n) is 3.05. The van der Waals surface area contributed by atoms with E-state index in [0.29, 0.717) is 17.0 Å². The number of aliphatic hydroxyl groups is 1. The molecule has 1 amide bonds. The minimum atomic E-state index is -0.118. The van der Waals surface area contributed by atoms with Gasteiger partial charge in [0.1, 0.15) is 5.75 Å². The molecule has 0 aromatic heterocycles. The topological polar surface area (TPSA) is 58.6 Å². The number of hydrogen-bond acceptors (Lipinski definition) is 3. The van der Waals surface area contributed by atoms with Gasteiger partial charge < -0.3 is 15.2 Å². The first kappa shape index (κ1) is 14.9. The fourth-order valence-corrected chi connectivity index (χ4v) is 3.05. The van der Waals surface area contributed by atoms with Crippen molar-refractivity contribution in [3.05, 3.63) is 23.8 Å². The normalized spacial score (nSPS) is 19.5. The van der Waals surface area contributed by atoms with E-state index in [-0.39, 0.29) is 29.3 Å². The maximum Gasteiger partial charge on any atom is 0.228 e. The van der Waals surface area contributed by atoms with Crippen LogP contribution in [0.2, 0.25) is 0 Å². The molecule has 1 fully saturated rings. The van der Waals surface area contributed by atoms with Gasteiger partial charge in [-0.15, -0.1) is 0 Å². The Morgan fingerprint density at radius 2 is 1.90 bits per heavy atom. The number of ether oxygens (including phenoxy) is 1. The first-order valence-electron chi connectivity index (χ1n) is 6.84. The zero-order valence-corrected chi connectivity index (χ0v) is 12.8. The SMILES string of the molecule is COc1ccc(NC(=O)C2C(C)(C)C2(C)C)cc1CO. The molecule has 4 nitrogen and oxygen atoms in total. The third-order valence-corrected chi connectivity index (χ3v) is 5.00. The number of carbonyl (C=O) groups excluding carboxylic acids is 1. The summed E-state index contributed by atoms with van der Waals surface area (Å²) in [5.41, 5.74) is 1.39. The molecule has 1 saturated carbocycles. The summed E-state index contributed by atoms with van der Waals surface area (Å²) in [4.78, 5) is 12.4. The molecule has 2 N–H and O–H groups in total. The first-order valence-corrected chi connectivity index (χ1v) is 6.84. The van der Waals surface area contributed by atoms with Gasteiger partial charge in [-0.2, -0.15) is 0 Å². The lowest BCUT2D eigenvalue weighted by molar-refractivity contribution is -0.118. The van der Waals surface area contributed by atoms with E-state index in [0.717, 1.165) is 0 Å². The second-order valence-corrected chi connectivity index (χ2v) is 6.55. The summed E-state index contributed by atoms with van der Waals surface area (Å²) in [7, 11) is 1.56. The largest absolute Gasteiger partial charge is 0.496 e. The van der Waals surface area contributed by atoms with Gasteiger partial charge >= 0.3 is 0 Å². The highest BCUT2D eigenvalue weighted by Crippen LogP contribution is 2.68. The van der Waals surface area contributed by atoms with Gasteiger partial charge in [0.2, 0.25) is 5.91 Å². The lowest BCUT2D eigenvalue weighted by atomic mass is 10.0. The van der Waals surface area contributed by atoms with E-state index < -0.39 is 0 Å². The Labute approximate surface area is 120 Å². The van der Waals surface area contributed by atoms with Crippen molar-refractivity contribution in [1.82, 2.24) is 0 Å². The Balaban J connectivity index is 2.14. The van der Waals surface area contributed by atoms with Crippen LogP contribution in [0.15, 0.2) is 18.2 Å². The van der Waals surface area contributed by atoms with Crippen LogP contribution in [0, 0.1) is 16.7 Å². The van der Waals surface area contributed by atoms with E-state index >= 15 is 0 Å². The van der Waals surface area contributed by atoms with Crippen LogP contribution in [0.4, 0.5) is 5.69 Å². The molecule has 1 aromatic rings. The number of aliphatic hydroxyl groups excluding tert-OH is 1. The number of nitrogens with one attached hydrogen (secondary N) is 1. The average Bonchev–Trinajstić information content (AvgIpc) is 2.79. The molecule has 20 heavy (non-hydrogen) atoms. The maximum atomic E-state index is 12.4. The van der Waals surface area contributed by atoms with Gasteiger partial charge in [0, 0.05) is 17.2 Å². The van der Waals surface area contributed by atoms with Gasteiger partial charge in [0.25, 0.3) is 0 Å². The van der Waals surface area contributed by atoms with Crippen LogP contribution in [-0.4, -0.2) is 18.1 Å². The van der Waals surface area contributed by atoms with E-state index in [1.807, 2.05) is 0 Å². The number of rotatable bonds is 4. The minimum absolute atomic E-state index is 0.00896. The minimum Gasteiger partial charge on any atom is -0.496 e. The van der Waals surface area contributed by atoms with Crippen molar-refractivity contribution in [2.45, 2.75) is 34.3 Å². The van der Waals surface area contributed by atoms with Crippen molar-refractivity contribution < 1.29 is 14.6 Å². The van der Waals surface area contributed by atoms with Crippen LogP contribution in [0.5, 0.6) is 5.75 Å². The zero-order valence-electron chi connectivity index (χ0n) is 12.8. The van der Waals surface area contributed by atoms with E-state index in [1.165, 1.54) is 0 Å². The van der Waals surface area contributed by atoms with Gasteiger partial charge in [0.05, 0.1) is 13.7 Å². The van der Waals surface area contributed by atoms with Crippen LogP contribution in [0.3, 0.4) is 0 Å². The summed E-state index contributed by atoms with van der Waals surface area (Å²) >= 11 is 0. The number of benzene rings is 1. The molecule has 4 heteroatoms. The Morgan fingerprint density at radius 1 is 1.30 bits per heavy atom. The molecular weight excluding hydrogens is 254 g/mol. The van der Waals surface area contributed by atoms with Crippen LogP contribution < -0.4 is 10.1 Å². The summed E-state index contributed by atoms with van der Waals surface area (Å²) in [5.74, 6) is 0.668. The Hall–Kier alpha value is -1.55. The molecule has 0 spiro atoms. The molecule has 110 valence electrons. The monoisotopic (exact) mass is 277 g/mol. The quantitative estimate of drug-likeness (QED) is 0.889. The van der Waals surface area contributed by atoms with Crippen molar-refractivity contribution in [3.8, 4) is 5.75 Å². The van der Waals surface area contributed by atoms with Crippen molar-refractivity contribution in [2.24, 2.45) is 16.7 Å². The predicted molar refractivity (Wildman–Crippen MR) is 78.6 cm³/mol. The fraction of sp³-hybridized carbons (Fsp3) is 0.562. The summed E-state index contributed by atoms with van der Waals surface area (Å²) in [6.07, 6.45) is 0. The molecule has 0 radical (unpaired) electrons. The molecule has 0 saturated heterocycles. The van der Waals surface area contributed by atoms with Crippen molar-refractivity contribution in [1.29, 1.82) is 0 Å². The van der Waals surface area contributed by atoms with Crippen LogP contribution in [0.1, 0.15) is 33.3 Å². The third-order valence-electron chi connectivity index (χ3n) is 5.00. The van der Waals surface area contributed by atoms with Crippen LogP contribution >= 0.6 is 0 Å². The molecule has 0 unspecified atom stereocenters. The standard InChI is InChI=1S/C16H23NO3/c1-15(2)13(16(15,3)4)14(19)17-11-6-7-12(20-5)10(8-11)9-18/h6-8,13,18H,9H2,1-5H3,(H,17,19). The lowest BCUT2D eigenvalue weighted by Gasteiger charge is -2.10. The summed E-state index contributed by atoms with van der Waals surface area (Å²) < 4.78 is 5.15. The van der Waals surface area contributed by atoms with E-state index in [1.54, 1.807) is 25.3 Å². The van der Waals surface area contributed by atoms with E-state index in [9.17, 15) is 9.90 Å². The van der Waals surface area contributed by atoms with E-state index in [2.05, 4.69) is 33.0 Å². The number of anilines is 1. The Kier molecular flexibility index (Phi) is 3.54. The molecule has 0 aliphatic heterocycles. The molecule has 0 bridgehead atoms. The average molecular weight is 277 g/mol. The van der Waals surface area contributed by atoms with E-state index in [4.69, 9.17) is 4.74 Å². The van der Waals surface area contributed by atoms with Crippen molar-refractivity contribution in [3.63, 3.8) is 0 Å². The maximum absolute atomic E-state index is 12.4. The van der Waals surface area contributed by atoms with Gasteiger partial charge in [-0.05, 0) is 29.0 Å². The highest BCUT2D eigenvalue weighted by atomic mass is 16.5. The van der Waals surface area contributed by atoms with Gasteiger partial charge in [-0.3, -0.25) is 4.79 Å². The summed E-state index contributed by atoms with van der Waals surface area (Å²) in [5, 5.41) is 12.2. The molecule has 0 atom stereocenters. The lowest BCUT2D eigenvalue weighted by Crippen LogP contribution is -2.17. The number of amides is 1. The van der Waals surface area contributed by atoms with Crippen LogP contribution in [-0.2, 0) is 11.4 Å². The van der Waals surface area contributed by atoms with Gasteiger partial charge in [0.15, 0.2) is 0 Å². The van der Waals surface area contributed by atoms with Gasteiger partial charge in [-0.1, -0.05) is 27.7 Å². The molecule has 0 heterocycles. The zero-order chi connectivity index (χ0) is 15.1. The van der Waals surface area contributed by atoms with Crippen molar-refractivity contribution in [2.75, 3.05) is 12.4 Å². The second-order valence-electron chi connectivity index (χ2n) is 6.55. The number of hydrogen-bond donors (Lipinski definition) is 2. The van der Waals surface area contributed by atoms with Gasteiger partial charge in [-0.25, -0.2) is 0 Å². The molecule has 1 aromatic carbocycles. The van der Waals surface area contributed by atoms with Crippen molar-refractivity contribution >= 4 is 11.6 Å².